The van der Waals surface area contributed by atoms with Crippen molar-refractivity contribution in [3.63, 3.8) is 0 Å². The largest absolute Gasteiger partial charge is 0.335 e. The molecule has 0 saturated carbocycles. The second-order valence-corrected chi connectivity index (χ2v) is 10.2. The van der Waals surface area contributed by atoms with Crippen LogP contribution in [0.4, 0.5) is 0 Å². The van der Waals surface area contributed by atoms with Crippen LogP contribution in [0.25, 0.3) is 0 Å². The van der Waals surface area contributed by atoms with E-state index in [1.54, 1.807) is 0 Å². The average Bonchev–Trinajstić information content (AvgIpc) is 2.99. The van der Waals surface area contributed by atoms with Crippen molar-refractivity contribution >= 4 is 23.5 Å². The molecule has 124 valence electrons. The SMILES string of the molecule is Cc1ccc(CCC2(Cn3ccnc3)SCCC(C)S2)c(C)c1. The van der Waals surface area contributed by atoms with E-state index < -0.39 is 0 Å². The third-order valence-corrected chi connectivity index (χ3v) is 7.90. The fraction of sp³-hybridized carbons (Fsp3) is 0.526. The van der Waals surface area contributed by atoms with Gasteiger partial charge in [-0.25, -0.2) is 4.98 Å². The van der Waals surface area contributed by atoms with Gasteiger partial charge in [0.2, 0.25) is 0 Å². The van der Waals surface area contributed by atoms with Crippen LogP contribution in [-0.4, -0.2) is 24.6 Å². The number of imidazole rings is 1. The third kappa shape index (κ3) is 4.36. The minimum atomic E-state index is 0.274. The Morgan fingerprint density at radius 2 is 2.22 bits per heavy atom. The van der Waals surface area contributed by atoms with Crippen LogP contribution < -0.4 is 0 Å². The van der Waals surface area contributed by atoms with E-state index in [0.717, 1.165) is 18.2 Å². The molecule has 0 bridgehead atoms. The van der Waals surface area contributed by atoms with E-state index in [-0.39, 0.29) is 4.08 Å². The molecule has 1 saturated heterocycles. The van der Waals surface area contributed by atoms with Gasteiger partial charge in [0.25, 0.3) is 0 Å². The molecule has 23 heavy (non-hydrogen) atoms. The lowest BCUT2D eigenvalue weighted by atomic mass is 10.0. The van der Waals surface area contributed by atoms with Crippen molar-refractivity contribution in [2.24, 2.45) is 0 Å². The first-order chi connectivity index (χ1) is 11.1. The summed E-state index contributed by atoms with van der Waals surface area (Å²) in [5, 5.41) is 0.749. The monoisotopic (exact) mass is 346 g/mol. The van der Waals surface area contributed by atoms with Gasteiger partial charge in [0.05, 0.1) is 10.4 Å². The fourth-order valence-corrected chi connectivity index (χ4v) is 7.18. The van der Waals surface area contributed by atoms with Gasteiger partial charge in [-0.15, -0.1) is 23.5 Å². The van der Waals surface area contributed by atoms with E-state index in [9.17, 15) is 0 Å². The summed E-state index contributed by atoms with van der Waals surface area (Å²) in [7, 11) is 0. The van der Waals surface area contributed by atoms with Crippen molar-refractivity contribution < 1.29 is 0 Å². The zero-order chi connectivity index (χ0) is 16.3. The maximum absolute atomic E-state index is 4.22. The quantitative estimate of drug-likeness (QED) is 0.751. The lowest BCUT2D eigenvalue weighted by molar-refractivity contribution is 0.581. The van der Waals surface area contributed by atoms with Gasteiger partial charge < -0.3 is 4.57 Å². The topological polar surface area (TPSA) is 17.8 Å². The molecular formula is C19H26N2S2. The summed E-state index contributed by atoms with van der Waals surface area (Å²) in [4.78, 5) is 4.22. The Hall–Kier alpha value is -0.870. The maximum atomic E-state index is 4.22. The summed E-state index contributed by atoms with van der Waals surface area (Å²) in [5.41, 5.74) is 4.29. The molecule has 1 aliphatic rings. The highest BCUT2D eigenvalue weighted by atomic mass is 32.2. The fourth-order valence-electron chi connectivity index (χ4n) is 3.27. The van der Waals surface area contributed by atoms with Crippen LogP contribution >= 0.6 is 23.5 Å². The van der Waals surface area contributed by atoms with Crippen molar-refractivity contribution in [2.75, 3.05) is 5.75 Å². The number of rotatable bonds is 5. The summed E-state index contributed by atoms with van der Waals surface area (Å²) >= 11 is 4.33. The molecule has 3 rings (SSSR count). The van der Waals surface area contributed by atoms with E-state index in [4.69, 9.17) is 0 Å². The molecule has 2 heterocycles. The highest BCUT2D eigenvalue weighted by molar-refractivity contribution is 8.19. The summed E-state index contributed by atoms with van der Waals surface area (Å²) in [6, 6.07) is 6.87. The van der Waals surface area contributed by atoms with Crippen molar-refractivity contribution in [1.29, 1.82) is 0 Å². The van der Waals surface area contributed by atoms with Crippen LogP contribution in [0.5, 0.6) is 0 Å². The number of aromatic nitrogens is 2. The van der Waals surface area contributed by atoms with Gasteiger partial charge in [-0.2, -0.15) is 0 Å². The molecule has 2 atom stereocenters. The van der Waals surface area contributed by atoms with Crippen LogP contribution in [0.3, 0.4) is 0 Å². The molecule has 0 aliphatic carbocycles. The van der Waals surface area contributed by atoms with Crippen LogP contribution in [0.15, 0.2) is 36.9 Å². The third-order valence-electron chi connectivity index (χ3n) is 4.56. The van der Waals surface area contributed by atoms with Crippen LogP contribution in [0.2, 0.25) is 0 Å². The molecular weight excluding hydrogens is 320 g/mol. The first kappa shape index (κ1) is 17.0. The zero-order valence-electron chi connectivity index (χ0n) is 14.3. The van der Waals surface area contributed by atoms with E-state index in [1.165, 1.54) is 35.3 Å². The van der Waals surface area contributed by atoms with Gasteiger partial charge in [0.1, 0.15) is 0 Å². The van der Waals surface area contributed by atoms with E-state index in [1.807, 2.05) is 12.5 Å². The number of thioether (sulfide) groups is 2. The number of hydrogen-bond donors (Lipinski definition) is 0. The number of benzene rings is 1. The minimum Gasteiger partial charge on any atom is -0.335 e. The van der Waals surface area contributed by atoms with Crippen molar-refractivity contribution in [1.82, 2.24) is 9.55 Å². The van der Waals surface area contributed by atoms with Crippen LogP contribution in [0, 0.1) is 13.8 Å². The Balaban J connectivity index is 1.75. The Bertz CT molecular complexity index is 639. The lowest BCUT2D eigenvalue weighted by Crippen LogP contribution is -2.33. The lowest BCUT2D eigenvalue weighted by Gasteiger charge is -2.39. The smallest absolute Gasteiger partial charge is 0.0946 e. The molecule has 1 aliphatic heterocycles. The minimum absolute atomic E-state index is 0.274. The molecule has 4 heteroatoms. The number of nitrogens with zero attached hydrogens (tertiary/aromatic N) is 2. The molecule has 0 amide bonds. The van der Waals surface area contributed by atoms with Crippen molar-refractivity contribution in [3.8, 4) is 0 Å². The molecule has 2 unspecified atom stereocenters. The summed E-state index contributed by atoms with van der Waals surface area (Å²) in [5.74, 6) is 1.27. The van der Waals surface area contributed by atoms with Gasteiger partial charge in [0.15, 0.2) is 0 Å². The molecule has 2 aromatic rings. The molecule has 0 N–H and O–H groups in total. The molecule has 1 aromatic heterocycles. The van der Waals surface area contributed by atoms with E-state index in [0.29, 0.717) is 0 Å². The maximum Gasteiger partial charge on any atom is 0.0946 e. The summed E-state index contributed by atoms with van der Waals surface area (Å²) in [6.07, 6.45) is 9.64. The predicted octanol–water partition coefficient (Wildman–Crippen LogP) is 5.09. The Morgan fingerprint density at radius 3 is 2.91 bits per heavy atom. The molecule has 0 spiro atoms. The van der Waals surface area contributed by atoms with E-state index >= 15 is 0 Å². The zero-order valence-corrected chi connectivity index (χ0v) is 15.9. The standard InChI is InChI=1S/C19H26N2S2/c1-15-4-5-18(16(2)12-15)6-8-19(13-21-10-9-20-14-21)22-11-7-17(3)23-19/h4-5,9-10,12,14,17H,6-8,11,13H2,1-3H3. The summed E-state index contributed by atoms with van der Waals surface area (Å²) < 4.78 is 2.52. The van der Waals surface area contributed by atoms with Crippen molar-refractivity contribution in [2.45, 2.75) is 55.9 Å². The highest BCUT2D eigenvalue weighted by Crippen LogP contribution is 2.49. The molecule has 1 aromatic carbocycles. The second-order valence-electron chi connectivity index (χ2n) is 6.64. The van der Waals surface area contributed by atoms with Gasteiger partial charge >= 0.3 is 0 Å². The highest BCUT2D eigenvalue weighted by Gasteiger charge is 2.36. The molecule has 2 nitrogen and oxygen atoms in total. The van der Waals surface area contributed by atoms with Crippen LogP contribution in [0.1, 0.15) is 36.5 Å². The second kappa shape index (κ2) is 7.35. The van der Waals surface area contributed by atoms with Gasteiger partial charge in [-0.1, -0.05) is 30.7 Å². The first-order valence-electron chi connectivity index (χ1n) is 8.40. The Morgan fingerprint density at radius 1 is 1.35 bits per heavy atom. The average molecular weight is 347 g/mol. The normalized spacial score (nSPS) is 24.7. The Kier molecular flexibility index (Phi) is 5.42. The molecule has 1 fully saturated rings. The molecule has 0 radical (unpaired) electrons. The number of aryl methyl sites for hydroxylation is 3. The predicted molar refractivity (Wildman–Crippen MR) is 103 cm³/mol. The van der Waals surface area contributed by atoms with Gasteiger partial charge in [-0.05, 0) is 50.0 Å². The van der Waals surface area contributed by atoms with Crippen molar-refractivity contribution in [3.05, 3.63) is 53.6 Å². The first-order valence-corrected chi connectivity index (χ1v) is 10.3. The van der Waals surface area contributed by atoms with Crippen LogP contribution in [-0.2, 0) is 13.0 Å². The Labute approximate surface area is 148 Å². The van der Waals surface area contributed by atoms with Gasteiger partial charge in [-0.3, -0.25) is 0 Å². The van der Waals surface area contributed by atoms with E-state index in [2.05, 4.69) is 78.2 Å². The van der Waals surface area contributed by atoms with Gasteiger partial charge in [0, 0.05) is 24.2 Å². The number of hydrogen-bond acceptors (Lipinski definition) is 3. The summed E-state index contributed by atoms with van der Waals surface area (Å²) in [6.45, 7) is 7.85.